The summed E-state index contributed by atoms with van der Waals surface area (Å²) in [4.78, 5) is 45.4. The van der Waals surface area contributed by atoms with Crippen LogP contribution in [0.1, 0.15) is 34.3 Å². The number of carbonyl (C=O) groups excluding carboxylic acids is 3. The van der Waals surface area contributed by atoms with Crippen molar-refractivity contribution >= 4 is 29.0 Å². The third kappa shape index (κ3) is 2.31. The predicted molar refractivity (Wildman–Crippen MR) is 134 cm³/mol. The smallest absolute Gasteiger partial charge is 0.250 e. The quantitative estimate of drug-likeness (QED) is 0.531. The molecule has 8 heteroatoms. The van der Waals surface area contributed by atoms with Gasteiger partial charge in [0.25, 0.3) is 0 Å². The van der Waals surface area contributed by atoms with E-state index in [1.807, 2.05) is 48.5 Å². The minimum Gasteiger partial charge on any atom is -0.454 e. The number of hydrogen-bond acceptors (Lipinski definition) is 6. The number of rotatable bonds is 2. The van der Waals surface area contributed by atoms with Crippen molar-refractivity contribution < 1.29 is 23.9 Å². The minimum absolute atomic E-state index is 0.0890. The van der Waals surface area contributed by atoms with Crippen LogP contribution in [0.4, 0.5) is 11.4 Å². The highest BCUT2D eigenvalue weighted by atomic mass is 16.7. The molecule has 0 saturated carbocycles. The number of ether oxygens (including phenoxy) is 2. The van der Waals surface area contributed by atoms with Crippen LogP contribution in [0.2, 0.25) is 0 Å². The van der Waals surface area contributed by atoms with E-state index in [9.17, 15) is 14.4 Å². The largest absolute Gasteiger partial charge is 0.454 e. The number of amides is 2. The van der Waals surface area contributed by atoms with Gasteiger partial charge >= 0.3 is 0 Å². The standard InChI is InChI=1S/C29H23N3O5/c33-24(16-11-12-21-22(14-16)37-15-36-21)25-28(17-6-1-3-8-19(17)30-26(28)34)23-10-5-13-32(23)29(25)18-7-2-4-9-20(18)31-27(29)35/h1-4,6-9,11-12,14,23,25H,5,10,13,15H2,(H,30,34)(H,31,35). The van der Waals surface area contributed by atoms with E-state index in [1.54, 1.807) is 18.2 Å². The maximum Gasteiger partial charge on any atom is 0.250 e. The SMILES string of the molecule is O=C(c1ccc2c(c1)OCO2)C1C2(C(=O)Nc3ccccc32)C2CCCN2C12C(=O)Nc1ccccc12. The first-order valence-corrected chi connectivity index (χ1v) is 12.6. The Morgan fingerprint density at radius 1 is 0.865 bits per heavy atom. The van der Waals surface area contributed by atoms with Gasteiger partial charge in [0.15, 0.2) is 17.3 Å². The van der Waals surface area contributed by atoms with E-state index in [4.69, 9.17) is 9.47 Å². The predicted octanol–water partition coefficient (Wildman–Crippen LogP) is 3.43. The zero-order valence-corrected chi connectivity index (χ0v) is 19.8. The summed E-state index contributed by atoms with van der Waals surface area (Å²) in [7, 11) is 0. The van der Waals surface area contributed by atoms with Crippen molar-refractivity contribution in [1.82, 2.24) is 4.90 Å². The van der Waals surface area contributed by atoms with Crippen molar-refractivity contribution in [2.45, 2.75) is 29.8 Å². The van der Waals surface area contributed by atoms with Crippen LogP contribution < -0.4 is 20.1 Å². The molecule has 3 aromatic carbocycles. The molecule has 4 atom stereocenters. The highest BCUT2D eigenvalue weighted by Crippen LogP contribution is 2.66. The van der Waals surface area contributed by atoms with Gasteiger partial charge in [-0.2, -0.15) is 0 Å². The van der Waals surface area contributed by atoms with Crippen molar-refractivity contribution in [3.8, 4) is 11.5 Å². The summed E-state index contributed by atoms with van der Waals surface area (Å²) >= 11 is 0. The second kappa shape index (κ2) is 6.98. The van der Waals surface area contributed by atoms with Crippen LogP contribution in [0, 0.1) is 5.92 Å². The van der Waals surface area contributed by atoms with E-state index in [-0.39, 0.29) is 30.4 Å². The monoisotopic (exact) mass is 493 g/mol. The maximum absolute atomic E-state index is 14.8. The fourth-order valence-electron chi connectivity index (χ4n) is 7.72. The van der Waals surface area contributed by atoms with Gasteiger partial charge in [0.2, 0.25) is 18.6 Å². The molecule has 3 aromatic rings. The fourth-order valence-corrected chi connectivity index (χ4v) is 7.72. The Kier molecular flexibility index (Phi) is 3.96. The van der Waals surface area contributed by atoms with Crippen LogP contribution in [0.25, 0.3) is 0 Å². The molecule has 0 aromatic heterocycles. The molecule has 0 aliphatic carbocycles. The average molecular weight is 494 g/mol. The first-order chi connectivity index (χ1) is 18.1. The van der Waals surface area contributed by atoms with Crippen LogP contribution in [0.5, 0.6) is 11.5 Å². The molecule has 0 bridgehead atoms. The van der Waals surface area contributed by atoms with E-state index in [2.05, 4.69) is 15.5 Å². The topological polar surface area (TPSA) is 97.0 Å². The second-order valence-electron chi connectivity index (χ2n) is 10.4. The number of carbonyl (C=O) groups is 3. The number of nitrogens with zero attached hydrogens (tertiary/aromatic N) is 1. The lowest BCUT2D eigenvalue weighted by atomic mass is 9.60. The molecule has 5 heterocycles. The third-order valence-corrected chi connectivity index (χ3v) is 8.95. The van der Waals surface area contributed by atoms with Gasteiger partial charge in [-0.3, -0.25) is 19.3 Å². The summed E-state index contributed by atoms with van der Waals surface area (Å²) in [6.45, 7) is 0.709. The molecule has 2 saturated heterocycles. The molecule has 184 valence electrons. The number of benzene rings is 3. The highest BCUT2D eigenvalue weighted by Gasteiger charge is 2.78. The number of hydrogen-bond donors (Lipinski definition) is 2. The van der Waals surface area contributed by atoms with Crippen LogP contribution in [-0.2, 0) is 20.5 Å². The Labute approximate surface area is 212 Å². The summed E-state index contributed by atoms with van der Waals surface area (Å²) < 4.78 is 11.0. The number of nitrogens with one attached hydrogen (secondary N) is 2. The van der Waals surface area contributed by atoms with E-state index >= 15 is 0 Å². The van der Waals surface area contributed by atoms with Crippen LogP contribution >= 0.6 is 0 Å². The molecule has 0 radical (unpaired) electrons. The third-order valence-electron chi connectivity index (χ3n) is 8.95. The van der Waals surface area contributed by atoms with Crippen molar-refractivity contribution in [2.24, 2.45) is 5.92 Å². The molecule has 5 aliphatic heterocycles. The Morgan fingerprint density at radius 2 is 1.57 bits per heavy atom. The van der Waals surface area contributed by atoms with Gasteiger partial charge in [-0.15, -0.1) is 0 Å². The van der Waals surface area contributed by atoms with Gasteiger partial charge in [0.1, 0.15) is 11.0 Å². The van der Waals surface area contributed by atoms with E-state index < -0.39 is 16.9 Å². The molecule has 2 N–H and O–H groups in total. The number of Topliss-reactive ketones (excluding diaryl/α,β-unsaturated/α-hetero) is 1. The highest BCUT2D eigenvalue weighted by molar-refractivity contribution is 6.18. The summed E-state index contributed by atoms with van der Waals surface area (Å²) in [5.74, 6) is -0.669. The maximum atomic E-state index is 14.8. The normalized spacial score (nSPS) is 30.4. The van der Waals surface area contributed by atoms with Gasteiger partial charge in [-0.05, 0) is 55.3 Å². The number of ketones is 1. The zero-order valence-electron chi connectivity index (χ0n) is 19.8. The number of para-hydroxylation sites is 2. The molecule has 8 rings (SSSR count). The fraction of sp³-hybridized carbons (Fsp3) is 0.276. The number of fused-ring (bicyclic) bond motifs is 8. The van der Waals surface area contributed by atoms with Gasteiger partial charge in [0, 0.05) is 28.5 Å². The summed E-state index contributed by atoms with van der Waals surface area (Å²) in [6, 6.07) is 19.9. The van der Waals surface area contributed by atoms with Gasteiger partial charge < -0.3 is 20.1 Å². The molecule has 5 aliphatic rings. The first kappa shape index (κ1) is 21.0. The van der Waals surface area contributed by atoms with Crippen molar-refractivity contribution in [3.05, 3.63) is 83.4 Å². The van der Waals surface area contributed by atoms with Gasteiger partial charge in [0.05, 0.1) is 5.92 Å². The Bertz CT molecular complexity index is 1470. The second-order valence-corrected chi connectivity index (χ2v) is 10.4. The summed E-state index contributed by atoms with van der Waals surface area (Å²) in [5, 5.41) is 6.13. The molecular weight excluding hydrogens is 470 g/mol. The van der Waals surface area contributed by atoms with E-state index in [0.29, 0.717) is 41.4 Å². The molecule has 2 fully saturated rings. The van der Waals surface area contributed by atoms with E-state index in [0.717, 1.165) is 17.5 Å². The molecule has 2 amide bonds. The molecule has 2 spiro atoms. The van der Waals surface area contributed by atoms with Crippen LogP contribution in [0.15, 0.2) is 66.7 Å². The van der Waals surface area contributed by atoms with E-state index in [1.165, 1.54) is 0 Å². The molecule has 37 heavy (non-hydrogen) atoms. The lowest BCUT2D eigenvalue weighted by molar-refractivity contribution is -0.128. The van der Waals surface area contributed by atoms with Gasteiger partial charge in [-0.1, -0.05) is 36.4 Å². The van der Waals surface area contributed by atoms with Crippen LogP contribution in [0.3, 0.4) is 0 Å². The Hall–Kier alpha value is -4.17. The minimum atomic E-state index is -1.32. The first-order valence-electron chi connectivity index (χ1n) is 12.6. The lowest BCUT2D eigenvalue weighted by Gasteiger charge is -2.38. The van der Waals surface area contributed by atoms with Crippen LogP contribution in [-0.4, -0.2) is 41.9 Å². The summed E-state index contributed by atoms with van der Waals surface area (Å²) in [6.07, 6.45) is 1.55. The van der Waals surface area contributed by atoms with Gasteiger partial charge in [-0.25, -0.2) is 0 Å². The lowest BCUT2D eigenvalue weighted by Crippen LogP contribution is -2.55. The summed E-state index contributed by atoms with van der Waals surface area (Å²) in [5.41, 5.74) is 0.764. The molecule has 4 unspecified atom stereocenters. The number of anilines is 2. The zero-order chi connectivity index (χ0) is 24.9. The Morgan fingerprint density at radius 3 is 2.41 bits per heavy atom. The Balaban J connectivity index is 1.45. The van der Waals surface area contributed by atoms with Crippen molar-refractivity contribution in [3.63, 3.8) is 0 Å². The molecule has 8 nitrogen and oxygen atoms in total. The average Bonchev–Trinajstić information content (AvgIpc) is 3.71. The van der Waals surface area contributed by atoms with Crippen molar-refractivity contribution in [2.75, 3.05) is 24.0 Å². The molecular formula is C29H23N3O5. The van der Waals surface area contributed by atoms with Crippen molar-refractivity contribution in [1.29, 1.82) is 0 Å².